The number of carbonyl (C=O) groups excluding carboxylic acids is 1. The van der Waals surface area contributed by atoms with Crippen LogP contribution >= 0.6 is 0 Å². The number of esters is 1. The van der Waals surface area contributed by atoms with Crippen molar-refractivity contribution in [1.29, 1.82) is 0 Å². The molecule has 4 aliphatic carbocycles. The normalized spacial score (nSPS) is 54.1. The molecule has 4 fully saturated rings. The Labute approximate surface area is 162 Å². The first-order valence-corrected chi connectivity index (χ1v) is 10.8. The van der Waals surface area contributed by atoms with E-state index >= 15 is 0 Å². The van der Waals surface area contributed by atoms with Gasteiger partial charge in [0.15, 0.2) is 0 Å². The average Bonchev–Trinajstić information content (AvgIpc) is 2.98. The minimum atomic E-state index is -0.913. The predicted octanol–water partition coefficient (Wildman–Crippen LogP) is 2.66. The molecule has 1 spiro atoms. The number of aliphatic hydroxyl groups excluding tert-OH is 2. The lowest BCUT2D eigenvalue weighted by Gasteiger charge is -2.66. The summed E-state index contributed by atoms with van der Waals surface area (Å²) in [4.78, 5) is 11.5. The number of fused-ring (bicyclic) bond motifs is 2. The van der Waals surface area contributed by atoms with Crippen molar-refractivity contribution in [2.45, 2.75) is 83.8 Å². The maximum absolute atomic E-state index is 11.5. The lowest BCUT2D eigenvalue weighted by atomic mass is 9.39. The van der Waals surface area contributed by atoms with Crippen molar-refractivity contribution >= 4 is 5.97 Å². The number of aliphatic hydroxyl groups is 3. The van der Waals surface area contributed by atoms with E-state index in [0.29, 0.717) is 18.3 Å². The molecular formula is C22H36O5. The van der Waals surface area contributed by atoms with E-state index in [0.717, 1.165) is 44.9 Å². The number of ether oxygens (including phenoxy) is 1. The van der Waals surface area contributed by atoms with E-state index in [4.69, 9.17) is 4.74 Å². The van der Waals surface area contributed by atoms with Crippen molar-refractivity contribution in [2.24, 2.45) is 34.0 Å². The molecule has 0 aliphatic heterocycles. The first-order chi connectivity index (χ1) is 12.6. The first-order valence-electron chi connectivity index (χ1n) is 10.8. The van der Waals surface area contributed by atoms with Gasteiger partial charge >= 0.3 is 5.97 Å². The van der Waals surface area contributed by atoms with E-state index in [-0.39, 0.29) is 35.9 Å². The second-order valence-electron chi connectivity index (χ2n) is 10.6. The Hall–Kier alpha value is -0.650. The van der Waals surface area contributed by atoms with Crippen LogP contribution in [0.5, 0.6) is 0 Å². The van der Waals surface area contributed by atoms with Gasteiger partial charge in [-0.05, 0) is 80.0 Å². The molecule has 0 saturated heterocycles. The van der Waals surface area contributed by atoms with Gasteiger partial charge in [-0.15, -0.1) is 0 Å². The van der Waals surface area contributed by atoms with Crippen LogP contribution in [0, 0.1) is 34.0 Å². The average molecular weight is 381 g/mol. The lowest BCUT2D eigenvalue weighted by molar-refractivity contribution is -0.220. The minimum Gasteiger partial charge on any atom is -0.465 e. The molecule has 4 rings (SSSR count). The molecule has 4 aliphatic rings. The Morgan fingerprint density at radius 3 is 2.52 bits per heavy atom. The van der Waals surface area contributed by atoms with Crippen LogP contribution in [0.1, 0.15) is 72.1 Å². The summed E-state index contributed by atoms with van der Waals surface area (Å²) in [6.45, 7) is 6.11. The van der Waals surface area contributed by atoms with Crippen molar-refractivity contribution in [2.75, 3.05) is 13.2 Å². The quantitative estimate of drug-likeness (QED) is 0.655. The topological polar surface area (TPSA) is 87.0 Å². The van der Waals surface area contributed by atoms with E-state index in [1.54, 1.807) is 0 Å². The van der Waals surface area contributed by atoms with Crippen molar-refractivity contribution < 1.29 is 24.9 Å². The second-order valence-corrected chi connectivity index (χ2v) is 10.6. The van der Waals surface area contributed by atoms with E-state index in [9.17, 15) is 20.1 Å². The number of hydrogen-bond acceptors (Lipinski definition) is 5. The zero-order valence-electron chi connectivity index (χ0n) is 17.0. The zero-order chi connectivity index (χ0) is 19.7. The third-order valence-corrected chi connectivity index (χ3v) is 9.79. The van der Waals surface area contributed by atoms with Gasteiger partial charge in [0.1, 0.15) is 0 Å². The van der Waals surface area contributed by atoms with Gasteiger partial charge in [0.2, 0.25) is 0 Å². The van der Waals surface area contributed by atoms with Crippen molar-refractivity contribution in [3.05, 3.63) is 0 Å². The van der Waals surface area contributed by atoms with Gasteiger partial charge in [-0.25, -0.2) is 0 Å². The summed E-state index contributed by atoms with van der Waals surface area (Å²) in [5.74, 6) is 0.804. The summed E-state index contributed by atoms with van der Waals surface area (Å²) in [7, 11) is 0. The largest absolute Gasteiger partial charge is 0.465 e. The molecule has 5 nitrogen and oxygen atoms in total. The standard InChI is InChI=1S/C22H36O5/c1-14(24)27-13-19(2)17-5-4-15-10-16-11-21(15,8-9-22(16,26)12-23)20(17,3)7-6-18(19)25/h15-18,23,25-26H,4-13H2,1-3H3/t15-,16+,17-,18+,19-,20-,21-,22-/m0/s1. The van der Waals surface area contributed by atoms with E-state index in [1.165, 1.54) is 6.92 Å². The van der Waals surface area contributed by atoms with Gasteiger partial charge in [0, 0.05) is 12.3 Å². The van der Waals surface area contributed by atoms with Gasteiger partial charge in [-0.1, -0.05) is 13.8 Å². The van der Waals surface area contributed by atoms with Gasteiger partial charge in [-0.3, -0.25) is 4.79 Å². The summed E-state index contributed by atoms with van der Waals surface area (Å²) < 4.78 is 5.44. The van der Waals surface area contributed by atoms with Crippen LogP contribution < -0.4 is 0 Å². The van der Waals surface area contributed by atoms with Gasteiger partial charge < -0.3 is 20.1 Å². The summed E-state index contributed by atoms with van der Waals surface area (Å²) >= 11 is 0. The molecular weight excluding hydrogens is 344 g/mol. The van der Waals surface area contributed by atoms with Crippen molar-refractivity contribution in [1.82, 2.24) is 0 Å². The summed E-state index contributed by atoms with van der Waals surface area (Å²) in [5.41, 5.74) is -1.07. The monoisotopic (exact) mass is 380 g/mol. The number of carbonyl (C=O) groups is 1. The molecule has 8 atom stereocenters. The summed E-state index contributed by atoms with van der Waals surface area (Å²) in [5, 5.41) is 31.7. The van der Waals surface area contributed by atoms with E-state index < -0.39 is 17.1 Å². The van der Waals surface area contributed by atoms with Crippen LogP contribution in [0.2, 0.25) is 0 Å². The smallest absolute Gasteiger partial charge is 0.302 e. The number of rotatable bonds is 3. The molecule has 0 aromatic carbocycles. The highest BCUT2D eigenvalue weighted by atomic mass is 16.5. The highest BCUT2D eigenvalue weighted by molar-refractivity contribution is 5.65. The van der Waals surface area contributed by atoms with Gasteiger partial charge in [0.25, 0.3) is 0 Å². The van der Waals surface area contributed by atoms with E-state index in [1.807, 2.05) is 0 Å². The highest BCUT2D eigenvalue weighted by Crippen LogP contribution is 2.75. The van der Waals surface area contributed by atoms with Crippen molar-refractivity contribution in [3.8, 4) is 0 Å². The maximum Gasteiger partial charge on any atom is 0.302 e. The molecule has 4 saturated carbocycles. The van der Waals surface area contributed by atoms with Gasteiger partial charge in [-0.2, -0.15) is 0 Å². The second kappa shape index (κ2) is 6.17. The Kier molecular flexibility index (Phi) is 4.49. The molecule has 154 valence electrons. The fraction of sp³-hybridized carbons (Fsp3) is 0.955. The Bertz CT molecular complexity index is 622. The minimum absolute atomic E-state index is 0.0789. The van der Waals surface area contributed by atoms with Gasteiger partial charge in [0.05, 0.1) is 24.9 Å². The molecule has 0 unspecified atom stereocenters. The SMILES string of the molecule is CC(=O)OC[C@]1(C)[C@H](O)CC[C@@]2(C)[C@H]1CC[C@H]1C[C@@H]3C[C@@]12CC[C@]3(O)CO. The lowest BCUT2D eigenvalue weighted by Crippen LogP contribution is -2.63. The predicted molar refractivity (Wildman–Crippen MR) is 101 cm³/mol. The molecule has 2 bridgehead atoms. The first kappa shape index (κ1) is 19.7. The fourth-order valence-corrected chi connectivity index (χ4v) is 8.17. The summed E-state index contributed by atoms with van der Waals surface area (Å²) in [6, 6.07) is 0. The Morgan fingerprint density at radius 2 is 1.85 bits per heavy atom. The Balaban J connectivity index is 1.69. The van der Waals surface area contributed by atoms with Crippen LogP contribution in [-0.2, 0) is 9.53 Å². The third kappa shape index (κ3) is 2.50. The summed E-state index contributed by atoms with van der Waals surface area (Å²) in [6.07, 6.45) is 7.09. The molecule has 0 radical (unpaired) electrons. The fourth-order valence-electron chi connectivity index (χ4n) is 8.17. The molecule has 27 heavy (non-hydrogen) atoms. The molecule has 0 aromatic rings. The molecule has 0 amide bonds. The third-order valence-electron chi connectivity index (χ3n) is 9.79. The van der Waals surface area contributed by atoms with E-state index in [2.05, 4.69) is 13.8 Å². The van der Waals surface area contributed by atoms with Crippen LogP contribution in [0.3, 0.4) is 0 Å². The maximum atomic E-state index is 11.5. The number of hydrogen-bond donors (Lipinski definition) is 3. The van der Waals surface area contributed by atoms with Crippen LogP contribution in [-0.4, -0.2) is 46.2 Å². The Morgan fingerprint density at radius 1 is 1.11 bits per heavy atom. The van der Waals surface area contributed by atoms with Crippen LogP contribution in [0.4, 0.5) is 0 Å². The highest BCUT2D eigenvalue weighted by Gasteiger charge is 2.70. The zero-order valence-corrected chi connectivity index (χ0v) is 17.0. The molecule has 5 heteroatoms. The van der Waals surface area contributed by atoms with Crippen LogP contribution in [0.15, 0.2) is 0 Å². The molecule has 0 aromatic heterocycles. The van der Waals surface area contributed by atoms with Crippen LogP contribution in [0.25, 0.3) is 0 Å². The molecule has 0 heterocycles. The van der Waals surface area contributed by atoms with Crippen molar-refractivity contribution in [3.63, 3.8) is 0 Å². The molecule has 3 N–H and O–H groups in total.